The molecule has 2 heterocycles. The molecule has 1 aromatic carbocycles. The van der Waals surface area contributed by atoms with E-state index >= 15 is 0 Å². The summed E-state index contributed by atoms with van der Waals surface area (Å²) in [6.45, 7) is 4.90. The number of nitrogens with zero attached hydrogens (tertiary/aromatic N) is 3. The second kappa shape index (κ2) is 10.6. The van der Waals surface area contributed by atoms with Crippen LogP contribution in [0.5, 0.6) is 0 Å². The molecule has 4 rings (SSSR count). The van der Waals surface area contributed by atoms with Gasteiger partial charge in [0.05, 0.1) is 12.0 Å². The van der Waals surface area contributed by atoms with Crippen molar-refractivity contribution in [3.63, 3.8) is 0 Å². The van der Waals surface area contributed by atoms with Gasteiger partial charge in [-0.3, -0.25) is 9.69 Å². The van der Waals surface area contributed by atoms with Gasteiger partial charge in [0.2, 0.25) is 5.91 Å². The van der Waals surface area contributed by atoms with Crippen molar-refractivity contribution in [3.8, 4) is 0 Å². The number of carbonyl (C=O) groups is 1. The second-order valence-electron chi connectivity index (χ2n) is 8.91. The maximum absolute atomic E-state index is 13.7. The lowest BCUT2D eigenvalue weighted by Crippen LogP contribution is -2.47. The molecule has 1 amide bonds. The third-order valence-electron chi connectivity index (χ3n) is 6.76. The van der Waals surface area contributed by atoms with Crippen molar-refractivity contribution >= 4 is 22.7 Å². The molecule has 1 saturated carbocycles. The van der Waals surface area contributed by atoms with Crippen molar-refractivity contribution in [2.24, 2.45) is 5.92 Å². The van der Waals surface area contributed by atoms with Gasteiger partial charge in [0, 0.05) is 51.8 Å². The highest BCUT2D eigenvalue weighted by Crippen LogP contribution is 2.30. The molecule has 0 bridgehead atoms. The summed E-state index contributed by atoms with van der Waals surface area (Å²) >= 11 is 0. The molecule has 32 heavy (non-hydrogen) atoms. The van der Waals surface area contributed by atoms with Crippen molar-refractivity contribution < 1.29 is 22.8 Å². The van der Waals surface area contributed by atoms with E-state index in [1.165, 1.54) is 12.5 Å². The van der Waals surface area contributed by atoms with E-state index in [2.05, 4.69) is 20.3 Å². The third kappa shape index (κ3) is 5.56. The number of piperazine rings is 1. The van der Waals surface area contributed by atoms with Crippen molar-refractivity contribution in [3.05, 3.63) is 23.8 Å². The molecule has 1 N–H and O–H groups in total. The van der Waals surface area contributed by atoms with Crippen molar-refractivity contribution in [1.29, 1.82) is 0 Å². The van der Waals surface area contributed by atoms with Crippen molar-refractivity contribution in [1.82, 2.24) is 15.4 Å². The van der Waals surface area contributed by atoms with Gasteiger partial charge in [-0.1, -0.05) is 5.16 Å². The Labute approximate surface area is 187 Å². The highest BCUT2D eigenvalue weighted by molar-refractivity contribution is 5.88. The lowest BCUT2D eigenvalue weighted by Gasteiger charge is -2.36. The Morgan fingerprint density at radius 1 is 1.16 bits per heavy atom. The van der Waals surface area contributed by atoms with Crippen LogP contribution in [0, 0.1) is 17.6 Å². The van der Waals surface area contributed by atoms with E-state index in [0.717, 1.165) is 64.5 Å². The molecule has 0 unspecified atom stereocenters. The number of hydrogen-bond acceptors (Lipinski definition) is 6. The number of benzene rings is 1. The third-order valence-corrected chi connectivity index (χ3v) is 6.76. The van der Waals surface area contributed by atoms with Gasteiger partial charge in [-0.2, -0.15) is 0 Å². The molecular formula is C23H32F2N4O3. The van der Waals surface area contributed by atoms with Gasteiger partial charge < -0.3 is 19.5 Å². The normalized spacial score (nSPS) is 22.4. The summed E-state index contributed by atoms with van der Waals surface area (Å²) in [5.41, 5.74) is 0.270. The number of amides is 1. The van der Waals surface area contributed by atoms with Gasteiger partial charge in [-0.15, -0.1) is 0 Å². The minimum Gasteiger partial charge on any atom is -0.384 e. The van der Waals surface area contributed by atoms with E-state index in [1.807, 2.05) is 0 Å². The smallest absolute Gasteiger partial charge is 0.222 e. The summed E-state index contributed by atoms with van der Waals surface area (Å²) in [5.74, 6) is -0.430. The molecule has 2 aromatic rings. The molecule has 0 atom stereocenters. The summed E-state index contributed by atoms with van der Waals surface area (Å²) in [6.07, 6.45) is 6.01. The van der Waals surface area contributed by atoms with Crippen LogP contribution in [0.3, 0.4) is 0 Å². The molecule has 0 radical (unpaired) electrons. The Bertz CT molecular complexity index is 906. The molecule has 1 aliphatic carbocycles. The number of halogens is 2. The Kier molecular flexibility index (Phi) is 7.57. The Hall–Kier alpha value is -2.26. The summed E-state index contributed by atoms with van der Waals surface area (Å²) in [4.78, 5) is 16.4. The maximum atomic E-state index is 13.7. The molecule has 1 aromatic heterocycles. The molecular weight excluding hydrogens is 418 g/mol. The second-order valence-corrected chi connectivity index (χ2v) is 8.91. The highest BCUT2D eigenvalue weighted by atomic mass is 19.2. The Balaban J connectivity index is 1.18. The predicted octanol–water partition coefficient (Wildman–Crippen LogP) is 3.33. The number of ether oxygens (including phenoxy) is 1. The van der Waals surface area contributed by atoms with Crippen LogP contribution in [-0.4, -0.2) is 68.4 Å². The van der Waals surface area contributed by atoms with Crippen LogP contribution in [-0.2, 0) is 9.53 Å². The average molecular weight is 451 g/mol. The monoisotopic (exact) mass is 450 g/mol. The zero-order valence-corrected chi connectivity index (χ0v) is 18.6. The number of anilines is 1. The minimum absolute atomic E-state index is 0.0842. The van der Waals surface area contributed by atoms with Gasteiger partial charge >= 0.3 is 0 Å². The molecule has 2 aliphatic rings. The lowest BCUT2D eigenvalue weighted by atomic mass is 9.84. The quantitative estimate of drug-likeness (QED) is 0.665. The molecule has 0 spiro atoms. The number of rotatable bonds is 8. The SMILES string of the molecule is COCCC(=O)N[C@H]1CC[C@H](CCN2CCN(c3noc4cc(F)c(F)cc34)CC2)CC1. The standard InChI is InChI=1S/C23H32F2N4O3/c1-31-13-7-22(30)26-17-4-2-16(3-5-17)6-8-28-9-11-29(12-10-28)23-18-14-19(24)20(25)15-21(18)32-27-23/h14-17H,2-13H2,1H3,(H,26,30)/t16-,17-. The molecule has 1 aliphatic heterocycles. The number of nitrogens with one attached hydrogen (secondary N) is 1. The van der Waals surface area contributed by atoms with E-state index in [1.54, 1.807) is 7.11 Å². The number of aromatic nitrogens is 1. The van der Waals surface area contributed by atoms with Gasteiger partial charge in [-0.05, 0) is 50.6 Å². The minimum atomic E-state index is -0.924. The zero-order valence-electron chi connectivity index (χ0n) is 18.6. The molecule has 9 heteroatoms. The first-order valence-electron chi connectivity index (χ1n) is 11.5. The molecule has 7 nitrogen and oxygen atoms in total. The van der Waals surface area contributed by atoms with Crippen LogP contribution in [0.2, 0.25) is 0 Å². The van der Waals surface area contributed by atoms with Crippen LogP contribution in [0.25, 0.3) is 11.0 Å². The fraction of sp³-hybridized carbons (Fsp3) is 0.652. The van der Waals surface area contributed by atoms with E-state index in [9.17, 15) is 13.6 Å². The summed E-state index contributed by atoms with van der Waals surface area (Å²) in [6, 6.07) is 2.52. The van der Waals surface area contributed by atoms with E-state index in [4.69, 9.17) is 9.26 Å². The first-order chi connectivity index (χ1) is 15.5. The van der Waals surface area contributed by atoms with Crippen molar-refractivity contribution in [2.45, 2.75) is 44.6 Å². The van der Waals surface area contributed by atoms with Crippen LogP contribution in [0.1, 0.15) is 38.5 Å². The van der Waals surface area contributed by atoms with Crippen LogP contribution < -0.4 is 10.2 Å². The fourth-order valence-electron chi connectivity index (χ4n) is 4.79. The predicted molar refractivity (Wildman–Crippen MR) is 118 cm³/mol. The van der Waals surface area contributed by atoms with Gasteiger partial charge in [0.25, 0.3) is 0 Å². The number of hydrogen-bond donors (Lipinski definition) is 1. The Morgan fingerprint density at radius 2 is 1.88 bits per heavy atom. The van der Waals surface area contributed by atoms with E-state index < -0.39 is 11.6 Å². The summed E-state index contributed by atoms with van der Waals surface area (Å²) < 4.78 is 37.2. The largest absolute Gasteiger partial charge is 0.384 e. The first kappa shape index (κ1) is 22.9. The highest BCUT2D eigenvalue weighted by Gasteiger charge is 2.25. The molecule has 2 fully saturated rings. The van der Waals surface area contributed by atoms with Gasteiger partial charge in [0.15, 0.2) is 23.0 Å². The topological polar surface area (TPSA) is 70.8 Å². The van der Waals surface area contributed by atoms with Crippen molar-refractivity contribution in [2.75, 3.05) is 51.3 Å². The first-order valence-corrected chi connectivity index (χ1v) is 11.5. The van der Waals surface area contributed by atoms with E-state index in [0.29, 0.717) is 36.2 Å². The number of carbonyl (C=O) groups excluding carboxylic acids is 1. The van der Waals surface area contributed by atoms with Crippen LogP contribution in [0.4, 0.5) is 14.6 Å². The van der Waals surface area contributed by atoms with Crippen LogP contribution in [0.15, 0.2) is 16.7 Å². The zero-order chi connectivity index (χ0) is 22.5. The van der Waals surface area contributed by atoms with Gasteiger partial charge in [0.1, 0.15) is 0 Å². The van der Waals surface area contributed by atoms with Crippen LogP contribution >= 0.6 is 0 Å². The van der Waals surface area contributed by atoms with Gasteiger partial charge in [-0.25, -0.2) is 8.78 Å². The Morgan fingerprint density at radius 3 is 2.59 bits per heavy atom. The lowest BCUT2D eigenvalue weighted by molar-refractivity contribution is -0.122. The average Bonchev–Trinajstić information content (AvgIpc) is 3.20. The summed E-state index contributed by atoms with van der Waals surface area (Å²) in [7, 11) is 1.61. The molecule has 1 saturated heterocycles. The fourth-order valence-corrected chi connectivity index (χ4v) is 4.79. The number of fused-ring (bicyclic) bond motifs is 1. The van der Waals surface area contributed by atoms with E-state index in [-0.39, 0.29) is 11.5 Å². The summed E-state index contributed by atoms with van der Waals surface area (Å²) in [5, 5.41) is 7.69. The molecule has 176 valence electrons. The maximum Gasteiger partial charge on any atom is 0.222 e. The number of methoxy groups -OCH3 is 1.